The third kappa shape index (κ3) is 3.52. The predicted molar refractivity (Wildman–Crippen MR) is 80.8 cm³/mol. The number of carboxylic acids is 1. The summed E-state index contributed by atoms with van der Waals surface area (Å²) in [4.78, 5) is 35.2. The number of benzene rings is 1. The first-order valence-corrected chi connectivity index (χ1v) is 7.27. The van der Waals surface area contributed by atoms with Crippen LogP contribution in [0.1, 0.15) is 30.9 Å². The molecule has 1 saturated heterocycles. The highest BCUT2D eigenvalue weighted by Gasteiger charge is 2.36. The van der Waals surface area contributed by atoms with E-state index in [9.17, 15) is 14.4 Å². The van der Waals surface area contributed by atoms with Crippen LogP contribution < -0.4 is 0 Å². The fourth-order valence-electron chi connectivity index (χ4n) is 1.90. The summed E-state index contributed by atoms with van der Waals surface area (Å²) in [5, 5.41) is 8.14. The summed E-state index contributed by atoms with van der Waals surface area (Å²) in [6.07, 6.45) is 1.61. The number of carbonyl (C=O) groups excluding carboxylic acids is 2. The number of carboxylic acid groups (broad SMARTS) is 1. The molecule has 1 N–H and O–H groups in total. The third-order valence-corrected chi connectivity index (χ3v) is 3.98. The monoisotopic (exact) mass is 305 g/mol. The maximum Gasteiger partial charge on any atom is 0.323 e. The quantitative estimate of drug-likeness (QED) is 0.866. The Balaban J connectivity index is 2.20. The van der Waals surface area contributed by atoms with E-state index in [4.69, 9.17) is 5.11 Å². The second-order valence-corrected chi connectivity index (χ2v) is 5.98. The predicted octanol–water partition coefficient (Wildman–Crippen LogP) is 2.93. The molecule has 0 radical (unpaired) electrons. The number of hydrogen-bond donors (Lipinski definition) is 1. The molecule has 0 aliphatic carbocycles. The molecule has 0 atom stereocenters. The lowest BCUT2D eigenvalue weighted by atomic mass is 10.0. The standard InChI is InChI=1S/C15H15NO4S/c1-9(2)11-5-3-10(4-6-11)7-12-14(19)16(8-13(17)18)15(20)21-12/h3-7,9H,8H2,1-2H3,(H,17,18)/b12-7+. The van der Waals surface area contributed by atoms with Crippen LogP contribution in [0.3, 0.4) is 0 Å². The van der Waals surface area contributed by atoms with Crippen LogP contribution in [-0.4, -0.2) is 33.7 Å². The van der Waals surface area contributed by atoms with Crippen LogP contribution in [0.25, 0.3) is 6.08 Å². The number of hydrogen-bond acceptors (Lipinski definition) is 4. The maximum absolute atomic E-state index is 12.0. The zero-order chi connectivity index (χ0) is 15.6. The van der Waals surface area contributed by atoms with Gasteiger partial charge in [-0.25, -0.2) is 0 Å². The van der Waals surface area contributed by atoms with Crippen LogP contribution in [0, 0.1) is 0 Å². The molecule has 1 aliphatic rings. The van der Waals surface area contributed by atoms with E-state index in [0.29, 0.717) is 5.92 Å². The average Bonchev–Trinajstić information content (AvgIpc) is 2.67. The summed E-state index contributed by atoms with van der Waals surface area (Å²) in [7, 11) is 0. The maximum atomic E-state index is 12.0. The first-order chi connectivity index (χ1) is 9.88. The zero-order valence-corrected chi connectivity index (χ0v) is 12.5. The van der Waals surface area contributed by atoms with Crippen molar-refractivity contribution in [2.75, 3.05) is 6.54 Å². The number of imide groups is 1. The van der Waals surface area contributed by atoms with Gasteiger partial charge in [-0.05, 0) is 34.9 Å². The summed E-state index contributed by atoms with van der Waals surface area (Å²) in [5.74, 6) is -1.35. The molecule has 1 aliphatic heterocycles. The highest BCUT2D eigenvalue weighted by Crippen LogP contribution is 2.32. The van der Waals surface area contributed by atoms with Crippen LogP contribution in [0.2, 0.25) is 0 Å². The van der Waals surface area contributed by atoms with Crippen molar-refractivity contribution in [1.29, 1.82) is 0 Å². The van der Waals surface area contributed by atoms with Crippen LogP contribution in [0.4, 0.5) is 4.79 Å². The molecular weight excluding hydrogens is 290 g/mol. The number of carbonyl (C=O) groups is 3. The van der Waals surface area contributed by atoms with Crippen molar-refractivity contribution in [3.8, 4) is 0 Å². The molecule has 0 unspecified atom stereocenters. The van der Waals surface area contributed by atoms with Gasteiger partial charge in [0.15, 0.2) is 0 Å². The smallest absolute Gasteiger partial charge is 0.323 e. The Morgan fingerprint density at radius 1 is 1.29 bits per heavy atom. The lowest BCUT2D eigenvalue weighted by Crippen LogP contribution is -2.33. The van der Waals surface area contributed by atoms with E-state index < -0.39 is 23.7 Å². The van der Waals surface area contributed by atoms with Gasteiger partial charge in [-0.2, -0.15) is 0 Å². The molecule has 110 valence electrons. The van der Waals surface area contributed by atoms with E-state index in [1.807, 2.05) is 24.3 Å². The van der Waals surface area contributed by atoms with Gasteiger partial charge in [0.25, 0.3) is 11.1 Å². The van der Waals surface area contributed by atoms with E-state index in [-0.39, 0.29) is 4.91 Å². The van der Waals surface area contributed by atoms with Crippen molar-refractivity contribution in [2.24, 2.45) is 0 Å². The van der Waals surface area contributed by atoms with Gasteiger partial charge in [-0.1, -0.05) is 38.1 Å². The minimum Gasteiger partial charge on any atom is -0.480 e. The van der Waals surface area contributed by atoms with Crippen LogP contribution in [0.15, 0.2) is 29.2 Å². The highest BCUT2D eigenvalue weighted by molar-refractivity contribution is 8.18. The minimum absolute atomic E-state index is 0.249. The van der Waals surface area contributed by atoms with Gasteiger partial charge in [-0.15, -0.1) is 0 Å². The number of rotatable bonds is 4. The Labute approximate surface area is 126 Å². The van der Waals surface area contributed by atoms with E-state index >= 15 is 0 Å². The second-order valence-electron chi connectivity index (χ2n) is 4.98. The van der Waals surface area contributed by atoms with E-state index in [2.05, 4.69) is 13.8 Å². The summed E-state index contributed by atoms with van der Waals surface area (Å²) in [6.45, 7) is 3.58. The lowest BCUT2D eigenvalue weighted by Gasteiger charge is -2.08. The Bertz CT molecular complexity index is 619. The Kier molecular flexibility index (Phi) is 4.47. The molecule has 0 bridgehead atoms. The van der Waals surface area contributed by atoms with Gasteiger partial charge in [0.05, 0.1) is 4.91 Å². The second kappa shape index (κ2) is 6.13. The van der Waals surface area contributed by atoms with Crippen molar-refractivity contribution in [3.05, 3.63) is 40.3 Å². The van der Waals surface area contributed by atoms with Crippen LogP contribution in [0.5, 0.6) is 0 Å². The number of nitrogens with zero attached hydrogens (tertiary/aromatic N) is 1. The summed E-state index contributed by atoms with van der Waals surface area (Å²) >= 11 is 0.764. The van der Waals surface area contributed by atoms with Gasteiger partial charge >= 0.3 is 5.97 Å². The SMILES string of the molecule is CC(C)c1ccc(/C=C2/SC(=O)N(CC(=O)O)C2=O)cc1. The van der Waals surface area contributed by atoms with Crippen molar-refractivity contribution >= 4 is 35.0 Å². The van der Waals surface area contributed by atoms with Crippen molar-refractivity contribution in [3.63, 3.8) is 0 Å². The molecular formula is C15H15NO4S. The topological polar surface area (TPSA) is 74.7 Å². The van der Waals surface area contributed by atoms with Crippen LogP contribution in [-0.2, 0) is 9.59 Å². The summed E-state index contributed by atoms with van der Waals surface area (Å²) in [6, 6.07) is 7.69. The van der Waals surface area contributed by atoms with E-state index in [1.54, 1.807) is 6.08 Å². The largest absolute Gasteiger partial charge is 0.480 e. The molecule has 2 rings (SSSR count). The van der Waals surface area contributed by atoms with Crippen molar-refractivity contribution in [2.45, 2.75) is 19.8 Å². The van der Waals surface area contributed by atoms with Gasteiger partial charge in [-0.3, -0.25) is 19.3 Å². The molecule has 1 aromatic carbocycles. The molecule has 0 saturated carbocycles. The Hall–Kier alpha value is -2.08. The molecule has 1 heterocycles. The molecule has 1 aromatic rings. The number of thioether (sulfide) groups is 1. The molecule has 21 heavy (non-hydrogen) atoms. The van der Waals surface area contributed by atoms with Crippen molar-refractivity contribution in [1.82, 2.24) is 4.90 Å². The molecule has 6 heteroatoms. The normalized spacial score (nSPS) is 17.1. The number of amides is 2. The Morgan fingerprint density at radius 2 is 1.90 bits per heavy atom. The summed E-state index contributed by atoms with van der Waals surface area (Å²) in [5.41, 5.74) is 1.99. The van der Waals surface area contributed by atoms with Gasteiger partial charge in [0.1, 0.15) is 6.54 Å². The fraction of sp³-hybridized carbons (Fsp3) is 0.267. The number of aliphatic carboxylic acids is 1. The minimum atomic E-state index is -1.21. The zero-order valence-electron chi connectivity index (χ0n) is 11.7. The van der Waals surface area contributed by atoms with Gasteiger partial charge in [0.2, 0.25) is 0 Å². The molecule has 1 fully saturated rings. The first kappa shape index (κ1) is 15.3. The molecule has 0 spiro atoms. The van der Waals surface area contributed by atoms with Crippen molar-refractivity contribution < 1.29 is 19.5 Å². The van der Waals surface area contributed by atoms with Gasteiger partial charge < -0.3 is 5.11 Å². The van der Waals surface area contributed by atoms with E-state index in [1.165, 1.54) is 5.56 Å². The summed E-state index contributed by atoms with van der Waals surface area (Å²) < 4.78 is 0. The van der Waals surface area contributed by atoms with Gasteiger partial charge in [0, 0.05) is 0 Å². The third-order valence-electron chi connectivity index (χ3n) is 3.07. The Morgan fingerprint density at radius 3 is 2.43 bits per heavy atom. The van der Waals surface area contributed by atoms with Crippen LogP contribution >= 0.6 is 11.8 Å². The lowest BCUT2D eigenvalue weighted by molar-refractivity contribution is -0.140. The molecule has 5 nitrogen and oxygen atoms in total. The average molecular weight is 305 g/mol. The first-order valence-electron chi connectivity index (χ1n) is 6.45. The molecule has 0 aromatic heterocycles. The molecule has 2 amide bonds. The highest BCUT2D eigenvalue weighted by atomic mass is 32.2. The van der Waals surface area contributed by atoms with E-state index in [0.717, 1.165) is 22.2 Å². The fourth-order valence-corrected chi connectivity index (χ4v) is 2.74.